The van der Waals surface area contributed by atoms with Crippen molar-refractivity contribution in [1.82, 2.24) is 5.32 Å². The lowest BCUT2D eigenvalue weighted by molar-refractivity contribution is 0.0401. The van der Waals surface area contributed by atoms with Gasteiger partial charge in [-0.3, -0.25) is 0 Å². The number of ether oxygens (including phenoxy) is 1. The Hall–Kier alpha value is -1.06. The van der Waals surface area contributed by atoms with E-state index in [-0.39, 0.29) is 6.10 Å². The molecule has 2 aromatic carbocycles. The van der Waals surface area contributed by atoms with Crippen LogP contribution in [0.4, 0.5) is 0 Å². The molecule has 1 atom stereocenters. The maximum absolute atomic E-state index is 6.07. The Morgan fingerprint density at radius 2 is 1.81 bits per heavy atom. The normalized spacial score (nSPS) is 12.3. The minimum absolute atomic E-state index is 0.0284. The summed E-state index contributed by atoms with van der Waals surface area (Å²) in [5.74, 6) is 0. The number of rotatable bonds is 7. The summed E-state index contributed by atoms with van der Waals surface area (Å²) in [6.07, 6.45) is -0.0284. The van der Waals surface area contributed by atoms with Gasteiger partial charge in [-0.2, -0.15) is 0 Å². The van der Waals surface area contributed by atoms with Gasteiger partial charge in [-0.05, 0) is 41.9 Å². The molecule has 0 fully saturated rings. The number of hydrogen-bond acceptors (Lipinski definition) is 2. The van der Waals surface area contributed by atoms with Crippen molar-refractivity contribution in [2.45, 2.75) is 19.6 Å². The van der Waals surface area contributed by atoms with Gasteiger partial charge in [0.2, 0.25) is 0 Å². The summed E-state index contributed by atoms with van der Waals surface area (Å²) in [4.78, 5) is 0. The molecule has 0 heterocycles. The van der Waals surface area contributed by atoms with Crippen LogP contribution in [0.2, 0.25) is 10.0 Å². The molecule has 0 aliphatic rings. The van der Waals surface area contributed by atoms with Crippen LogP contribution in [-0.4, -0.2) is 13.1 Å². The largest absolute Gasteiger partial charge is 0.368 e. The van der Waals surface area contributed by atoms with Crippen LogP contribution in [0.3, 0.4) is 0 Å². The first-order valence-electron chi connectivity index (χ1n) is 7.01. The highest BCUT2D eigenvalue weighted by Crippen LogP contribution is 2.22. The molecule has 1 N–H and O–H groups in total. The second-order valence-electron chi connectivity index (χ2n) is 4.79. The average molecular weight is 324 g/mol. The van der Waals surface area contributed by atoms with Crippen LogP contribution >= 0.6 is 23.2 Å². The van der Waals surface area contributed by atoms with Crippen LogP contribution in [0.5, 0.6) is 0 Å². The van der Waals surface area contributed by atoms with E-state index in [2.05, 4.69) is 12.2 Å². The van der Waals surface area contributed by atoms with Crippen molar-refractivity contribution in [3.05, 3.63) is 69.7 Å². The molecule has 0 spiro atoms. The second kappa shape index (κ2) is 8.40. The third-order valence-electron chi connectivity index (χ3n) is 3.16. The molecule has 0 saturated heterocycles. The molecule has 0 amide bonds. The SMILES string of the molecule is CCNCC(OCc1ccc(Cl)cc1)c1cccc(Cl)c1. The maximum Gasteiger partial charge on any atom is 0.0954 e. The van der Waals surface area contributed by atoms with E-state index in [1.807, 2.05) is 48.5 Å². The van der Waals surface area contributed by atoms with Gasteiger partial charge in [0.05, 0.1) is 12.7 Å². The first-order chi connectivity index (χ1) is 10.2. The number of benzene rings is 2. The minimum Gasteiger partial charge on any atom is -0.368 e. The van der Waals surface area contributed by atoms with Crippen molar-refractivity contribution < 1.29 is 4.74 Å². The molecule has 0 aliphatic heterocycles. The van der Waals surface area contributed by atoms with Crippen LogP contribution in [0.25, 0.3) is 0 Å². The van der Waals surface area contributed by atoms with E-state index >= 15 is 0 Å². The summed E-state index contributed by atoms with van der Waals surface area (Å²) in [6, 6.07) is 15.5. The van der Waals surface area contributed by atoms with E-state index in [4.69, 9.17) is 27.9 Å². The molecule has 0 aliphatic carbocycles. The van der Waals surface area contributed by atoms with Crippen molar-refractivity contribution in [2.75, 3.05) is 13.1 Å². The Morgan fingerprint density at radius 1 is 1.05 bits per heavy atom. The van der Waals surface area contributed by atoms with Gasteiger partial charge in [0.25, 0.3) is 0 Å². The van der Waals surface area contributed by atoms with Gasteiger partial charge in [0, 0.05) is 16.6 Å². The Morgan fingerprint density at radius 3 is 2.48 bits per heavy atom. The van der Waals surface area contributed by atoms with Crippen LogP contribution in [0, 0.1) is 0 Å². The van der Waals surface area contributed by atoms with Crippen molar-refractivity contribution in [3.8, 4) is 0 Å². The monoisotopic (exact) mass is 323 g/mol. The maximum atomic E-state index is 6.07. The molecule has 0 bridgehead atoms. The molecule has 1 unspecified atom stereocenters. The van der Waals surface area contributed by atoms with Crippen LogP contribution in [0.1, 0.15) is 24.2 Å². The highest BCUT2D eigenvalue weighted by molar-refractivity contribution is 6.30. The van der Waals surface area contributed by atoms with Crippen LogP contribution in [0.15, 0.2) is 48.5 Å². The van der Waals surface area contributed by atoms with Gasteiger partial charge in [0.1, 0.15) is 0 Å². The Kier molecular flexibility index (Phi) is 6.52. The van der Waals surface area contributed by atoms with Crippen molar-refractivity contribution in [3.63, 3.8) is 0 Å². The quantitative estimate of drug-likeness (QED) is 0.785. The third-order valence-corrected chi connectivity index (χ3v) is 3.65. The minimum atomic E-state index is -0.0284. The van der Waals surface area contributed by atoms with Gasteiger partial charge in [-0.25, -0.2) is 0 Å². The van der Waals surface area contributed by atoms with Crippen molar-refractivity contribution in [1.29, 1.82) is 0 Å². The molecule has 2 aromatic rings. The predicted octanol–water partition coefficient (Wildman–Crippen LogP) is 4.86. The molecule has 2 rings (SSSR count). The molecular weight excluding hydrogens is 305 g/mol. The zero-order valence-electron chi connectivity index (χ0n) is 12.0. The summed E-state index contributed by atoms with van der Waals surface area (Å²) in [5.41, 5.74) is 2.18. The average Bonchev–Trinajstić information content (AvgIpc) is 2.49. The molecule has 4 heteroatoms. The van der Waals surface area contributed by atoms with E-state index in [0.29, 0.717) is 6.61 Å². The molecule has 0 saturated carbocycles. The number of halogens is 2. The fourth-order valence-electron chi connectivity index (χ4n) is 2.03. The number of nitrogens with one attached hydrogen (secondary N) is 1. The second-order valence-corrected chi connectivity index (χ2v) is 5.66. The standard InChI is InChI=1S/C17H19Cl2NO/c1-2-20-11-17(14-4-3-5-16(19)10-14)21-12-13-6-8-15(18)9-7-13/h3-10,17,20H,2,11-12H2,1H3. The Labute approximate surface area is 136 Å². The lowest BCUT2D eigenvalue weighted by Gasteiger charge is -2.19. The molecule has 0 radical (unpaired) electrons. The first-order valence-corrected chi connectivity index (χ1v) is 7.77. The fraction of sp³-hybridized carbons (Fsp3) is 0.294. The first kappa shape index (κ1) is 16.3. The Balaban J connectivity index is 2.04. The highest BCUT2D eigenvalue weighted by atomic mass is 35.5. The summed E-state index contributed by atoms with van der Waals surface area (Å²) in [6.45, 7) is 4.28. The molecule has 2 nitrogen and oxygen atoms in total. The smallest absolute Gasteiger partial charge is 0.0954 e. The van der Waals surface area contributed by atoms with E-state index in [9.17, 15) is 0 Å². The summed E-state index contributed by atoms with van der Waals surface area (Å²) in [7, 11) is 0. The highest BCUT2D eigenvalue weighted by Gasteiger charge is 2.12. The van der Waals surface area contributed by atoms with E-state index in [0.717, 1.165) is 34.3 Å². The van der Waals surface area contributed by atoms with Gasteiger partial charge >= 0.3 is 0 Å². The Bertz CT molecular complexity index is 557. The van der Waals surface area contributed by atoms with Gasteiger partial charge in [-0.15, -0.1) is 0 Å². The number of hydrogen-bond donors (Lipinski definition) is 1. The van der Waals surface area contributed by atoms with Crippen molar-refractivity contribution >= 4 is 23.2 Å². The summed E-state index contributed by atoms with van der Waals surface area (Å²) in [5, 5.41) is 4.78. The van der Waals surface area contributed by atoms with Crippen LogP contribution in [-0.2, 0) is 11.3 Å². The lowest BCUT2D eigenvalue weighted by atomic mass is 10.1. The molecule has 0 aromatic heterocycles. The van der Waals surface area contributed by atoms with Gasteiger partial charge in [0.15, 0.2) is 0 Å². The molecule has 112 valence electrons. The van der Waals surface area contributed by atoms with E-state index in [1.54, 1.807) is 0 Å². The third kappa shape index (κ3) is 5.33. The van der Waals surface area contributed by atoms with Gasteiger partial charge < -0.3 is 10.1 Å². The summed E-state index contributed by atoms with van der Waals surface area (Å²) < 4.78 is 6.05. The number of likely N-dealkylation sites (N-methyl/N-ethyl adjacent to an activating group) is 1. The van der Waals surface area contributed by atoms with Crippen molar-refractivity contribution in [2.24, 2.45) is 0 Å². The lowest BCUT2D eigenvalue weighted by Crippen LogP contribution is -2.23. The zero-order chi connectivity index (χ0) is 15.1. The topological polar surface area (TPSA) is 21.3 Å². The van der Waals surface area contributed by atoms with E-state index in [1.165, 1.54) is 0 Å². The fourth-order valence-corrected chi connectivity index (χ4v) is 2.36. The zero-order valence-corrected chi connectivity index (χ0v) is 13.5. The van der Waals surface area contributed by atoms with E-state index < -0.39 is 0 Å². The molecule has 21 heavy (non-hydrogen) atoms. The predicted molar refractivity (Wildman–Crippen MR) is 89.0 cm³/mol. The van der Waals surface area contributed by atoms with Crippen LogP contribution < -0.4 is 5.32 Å². The molecular formula is C17H19Cl2NO. The van der Waals surface area contributed by atoms with Gasteiger partial charge in [-0.1, -0.05) is 54.4 Å². The summed E-state index contributed by atoms with van der Waals surface area (Å²) >= 11 is 12.0.